The molecule has 2 N–H and O–H groups in total. The molecule has 13 heteroatoms. The Bertz CT molecular complexity index is 2640. The minimum atomic E-state index is -1.56. The summed E-state index contributed by atoms with van der Waals surface area (Å²) in [5.41, 5.74) is 4.09. The van der Waals surface area contributed by atoms with Gasteiger partial charge in [0.25, 0.3) is 0 Å². The van der Waals surface area contributed by atoms with Crippen molar-refractivity contribution in [1.82, 2.24) is 4.90 Å². The number of carbonyl (C=O) groups excluding carboxylic acids is 1. The number of fused-ring (bicyclic) bond motifs is 3. The molecule has 0 spiro atoms. The van der Waals surface area contributed by atoms with Crippen LogP contribution in [0.1, 0.15) is 86.8 Å². The van der Waals surface area contributed by atoms with E-state index in [2.05, 4.69) is 30.9 Å². The Balaban J connectivity index is 1.18. The van der Waals surface area contributed by atoms with Crippen LogP contribution in [0.25, 0.3) is 10.8 Å². The Labute approximate surface area is 422 Å². The highest BCUT2D eigenvalue weighted by Gasteiger charge is 2.66. The first-order chi connectivity index (χ1) is 35.4. The number of amides is 1. The van der Waals surface area contributed by atoms with Crippen LogP contribution in [0, 0.1) is 23.6 Å². The molecule has 2 fully saturated rings. The Hall–Kier alpha value is -6.09. The summed E-state index contributed by atoms with van der Waals surface area (Å²) in [6.45, 7) is 5.33. The number of aliphatic hydroxyl groups excluding tert-OH is 2. The molecule has 72 heavy (non-hydrogen) atoms. The zero-order valence-corrected chi connectivity index (χ0v) is 41.0. The molecule has 2 heterocycles. The fraction of sp³-hybridized carbons (Fsp3) is 0.424. The number of nitrogens with zero attached hydrogens (tertiary/aromatic N) is 2. The second-order valence-corrected chi connectivity index (χ2v) is 19.2. The van der Waals surface area contributed by atoms with Crippen LogP contribution in [0.2, 0.25) is 0 Å². The van der Waals surface area contributed by atoms with Crippen LogP contribution < -0.4 is 9.47 Å². The highest BCUT2D eigenvalue weighted by molar-refractivity contribution is 6.03. The van der Waals surface area contributed by atoms with Crippen LogP contribution in [-0.4, -0.2) is 84.7 Å². The Morgan fingerprint density at radius 1 is 0.847 bits per heavy atom. The summed E-state index contributed by atoms with van der Waals surface area (Å²) in [6, 6.07) is 35.1. The van der Waals surface area contributed by atoms with Gasteiger partial charge in [-0.2, -0.15) is 0 Å². The highest BCUT2D eigenvalue weighted by Crippen LogP contribution is 2.62. The van der Waals surface area contributed by atoms with E-state index in [0.717, 1.165) is 66.0 Å². The number of unbranched alkanes of at least 4 members (excludes halogenated alkanes) is 2. The highest BCUT2D eigenvalue weighted by atomic mass is 19.1. The fourth-order valence-electron chi connectivity index (χ4n) is 11.1. The zero-order valence-electron chi connectivity index (χ0n) is 41.0. The molecule has 0 bridgehead atoms. The molecule has 5 aromatic rings. The van der Waals surface area contributed by atoms with E-state index in [1.165, 1.54) is 12.1 Å². The number of hydrogen-bond acceptors (Lipinski definition) is 11. The van der Waals surface area contributed by atoms with Gasteiger partial charge in [-0.05, 0) is 120 Å². The summed E-state index contributed by atoms with van der Waals surface area (Å²) in [5.74, 6) is -0.952. The lowest BCUT2D eigenvalue weighted by molar-refractivity contribution is -0.256. The topological polar surface area (TPSA) is 138 Å². The van der Waals surface area contributed by atoms with Crippen molar-refractivity contribution in [2.24, 2.45) is 22.9 Å². The molecule has 1 saturated heterocycles. The van der Waals surface area contributed by atoms with E-state index >= 15 is 4.79 Å². The monoisotopic (exact) mass is 982 g/mol. The first-order valence-electron chi connectivity index (χ1n) is 25.7. The minimum Gasteiger partial charge on any atom is -0.459 e. The summed E-state index contributed by atoms with van der Waals surface area (Å²) >= 11 is 0. The van der Waals surface area contributed by atoms with Crippen molar-refractivity contribution in [2.75, 3.05) is 39.6 Å². The fourth-order valence-corrected chi connectivity index (χ4v) is 11.1. The largest absolute Gasteiger partial charge is 0.459 e. The molecule has 1 amide bonds. The molecular weight excluding hydrogens is 916 g/mol. The van der Waals surface area contributed by atoms with E-state index in [1.54, 1.807) is 23.1 Å². The van der Waals surface area contributed by atoms with Crippen molar-refractivity contribution in [3.8, 4) is 17.2 Å². The van der Waals surface area contributed by atoms with E-state index in [-0.39, 0.29) is 63.8 Å². The summed E-state index contributed by atoms with van der Waals surface area (Å²) < 4.78 is 54.0. The average molecular weight is 983 g/mol. The second kappa shape index (κ2) is 24.6. The first kappa shape index (κ1) is 50.8. The quantitative estimate of drug-likeness (QED) is 0.0370. The van der Waals surface area contributed by atoms with Crippen molar-refractivity contribution in [1.29, 1.82) is 0 Å². The maximum atomic E-state index is 15.1. The SMILES string of the molecule is C=CCOC12Oc3ccc(Oc4ccc5ccccc5c4)cc3C3C(CCCCO)C(CCCCO)C=C(C(=NOC4CCCCO4)CC1N(Cc1ccc(F)cc1)C(=O)OCCOCc1ccccc1)C32. The second-order valence-electron chi connectivity index (χ2n) is 19.2. The molecular formula is C59H67FN2O10. The van der Waals surface area contributed by atoms with E-state index in [0.29, 0.717) is 61.0 Å². The third kappa shape index (κ3) is 11.9. The first-order valence-corrected chi connectivity index (χ1v) is 25.7. The molecule has 7 atom stereocenters. The smallest absolute Gasteiger partial charge is 0.410 e. The van der Waals surface area contributed by atoms with Gasteiger partial charge in [-0.25, -0.2) is 9.18 Å². The van der Waals surface area contributed by atoms with Crippen molar-refractivity contribution >= 4 is 22.6 Å². The predicted octanol–water partition coefficient (Wildman–Crippen LogP) is 11.8. The molecule has 0 aromatic heterocycles. The van der Waals surface area contributed by atoms with E-state index in [1.807, 2.05) is 72.8 Å². The van der Waals surface area contributed by atoms with E-state index in [4.69, 9.17) is 38.4 Å². The summed E-state index contributed by atoms with van der Waals surface area (Å²) in [6.07, 6.45) is 9.87. The maximum Gasteiger partial charge on any atom is 0.410 e. The lowest BCUT2D eigenvalue weighted by Crippen LogP contribution is -2.70. The molecule has 9 rings (SSSR count). The van der Waals surface area contributed by atoms with Gasteiger partial charge in [-0.15, -0.1) is 6.58 Å². The maximum absolute atomic E-state index is 15.1. The van der Waals surface area contributed by atoms with Crippen LogP contribution in [0.4, 0.5) is 9.18 Å². The lowest BCUT2D eigenvalue weighted by atomic mass is 9.55. The summed E-state index contributed by atoms with van der Waals surface area (Å²) in [7, 11) is 0. The van der Waals surface area contributed by atoms with Gasteiger partial charge < -0.3 is 43.5 Å². The minimum absolute atomic E-state index is 0.0165. The molecule has 5 aromatic carbocycles. The van der Waals surface area contributed by atoms with Gasteiger partial charge in [0.1, 0.15) is 35.7 Å². The summed E-state index contributed by atoms with van der Waals surface area (Å²) in [4.78, 5) is 23.0. The number of benzene rings is 5. The molecule has 7 unspecified atom stereocenters. The van der Waals surface area contributed by atoms with Crippen molar-refractivity contribution in [3.63, 3.8) is 0 Å². The number of allylic oxidation sites excluding steroid dienone is 1. The molecule has 12 nitrogen and oxygen atoms in total. The molecule has 2 aliphatic heterocycles. The molecule has 4 aliphatic rings. The van der Waals surface area contributed by atoms with Gasteiger partial charge >= 0.3 is 6.09 Å². The Morgan fingerprint density at radius 3 is 2.39 bits per heavy atom. The van der Waals surface area contributed by atoms with Gasteiger partial charge in [0.05, 0.1) is 38.1 Å². The molecule has 380 valence electrons. The zero-order chi connectivity index (χ0) is 49.7. The lowest BCUT2D eigenvalue weighted by Gasteiger charge is -2.59. The van der Waals surface area contributed by atoms with Crippen LogP contribution in [0.3, 0.4) is 0 Å². The van der Waals surface area contributed by atoms with E-state index in [9.17, 15) is 14.6 Å². The number of ether oxygens (including phenoxy) is 6. The van der Waals surface area contributed by atoms with Gasteiger partial charge in [0, 0.05) is 44.1 Å². The third-order valence-corrected chi connectivity index (χ3v) is 14.5. The van der Waals surface area contributed by atoms with Gasteiger partial charge in [0.15, 0.2) is 0 Å². The number of carbonyl (C=O) groups is 1. The molecule has 1 saturated carbocycles. The average Bonchev–Trinajstić information content (AvgIpc) is 3.41. The van der Waals surface area contributed by atoms with Crippen LogP contribution in [-0.2, 0) is 36.9 Å². The van der Waals surface area contributed by atoms with Crippen molar-refractivity contribution in [2.45, 2.75) is 101 Å². The van der Waals surface area contributed by atoms with Crippen molar-refractivity contribution < 1.29 is 52.7 Å². The van der Waals surface area contributed by atoms with Crippen molar-refractivity contribution in [3.05, 3.63) is 162 Å². The van der Waals surface area contributed by atoms with E-state index < -0.39 is 35.9 Å². The number of oxime groups is 1. The van der Waals surface area contributed by atoms with Crippen LogP contribution in [0.15, 0.2) is 145 Å². The summed E-state index contributed by atoms with van der Waals surface area (Å²) in [5, 5.41) is 27.3. The van der Waals surface area contributed by atoms with Gasteiger partial charge in [-0.3, -0.25) is 4.90 Å². The Kier molecular flexibility index (Phi) is 17.3. The number of halogens is 1. The predicted molar refractivity (Wildman–Crippen MR) is 273 cm³/mol. The number of aliphatic hydroxyl groups is 2. The number of rotatable bonds is 23. The number of hydrogen-bond donors (Lipinski definition) is 2. The third-order valence-electron chi connectivity index (χ3n) is 14.5. The van der Waals surface area contributed by atoms with Crippen LogP contribution >= 0.6 is 0 Å². The standard InChI is InChI=1S/C59H67FN2O10/c1-2-31-69-59-54(62(39-41-21-24-46(60)25-22-41)58(65)68-34-33-66-40-42-14-4-3-5-15-42)38-52(61-72-55-20-10-13-32-67-55)50-36-45(18-8-11-29-63)49(19-9-12-30-64)56(57(50)59)51-37-48(27-28-53(51)71-59)70-47-26-23-43-16-6-7-17-44(43)35-47/h2-7,14-17,21-28,35-37,45,49,54-57,63-64H,1,8-13,18-20,29-34,38-40H2. The Morgan fingerprint density at radius 2 is 1.61 bits per heavy atom. The molecule has 0 radical (unpaired) electrons. The van der Waals surface area contributed by atoms with Gasteiger partial charge in [-0.1, -0.05) is 103 Å². The van der Waals surface area contributed by atoms with Gasteiger partial charge in [0.2, 0.25) is 12.1 Å². The molecule has 2 aliphatic carbocycles. The normalized spacial score (nSPS) is 23.8. The van der Waals surface area contributed by atoms with Crippen LogP contribution in [0.5, 0.6) is 17.2 Å².